The number of rotatable bonds is 9. The Bertz CT molecular complexity index is 1130. The van der Waals surface area contributed by atoms with Gasteiger partial charge in [-0.25, -0.2) is 9.18 Å². The van der Waals surface area contributed by atoms with E-state index < -0.39 is 29.4 Å². The SMILES string of the molecule is Cc1cn(C2C(F)C(COCc3ccccc3)C2COCc2ccccc2)c(=O)[nH]c1=O. The Hall–Kier alpha value is -3.03. The number of alkyl halides is 1. The summed E-state index contributed by atoms with van der Waals surface area (Å²) < 4.78 is 28.3. The van der Waals surface area contributed by atoms with Crippen LogP contribution in [0.1, 0.15) is 22.7 Å². The molecule has 1 fully saturated rings. The van der Waals surface area contributed by atoms with E-state index in [0.717, 1.165) is 11.1 Å². The largest absolute Gasteiger partial charge is 0.376 e. The van der Waals surface area contributed by atoms with Crippen LogP contribution in [-0.2, 0) is 22.7 Å². The van der Waals surface area contributed by atoms with Crippen molar-refractivity contribution in [1.29, 1.82) is 0 Å². The van der Waals surface area contributed by atoms with Gasteiger partial charge < -0.3 is 9.47 Å². The molecule has 4 rings (SSSR count). The number of hydrogen-bond acceptors (Lipinski definition) is 4. The summed E-state index contributed by atoms with van der Waals surface area (Å²) in [5.41, 5.74) is 1.34. The van der Waals surface area contributed by atoms with Gasteiger partial charge in [-0.2, -0.15) is 0 Å². The van der Waals surface area contributed by atoms with Gasteiger partial charge in [-0.05, 0) is 18.1 Å². The Kier molecular flexibility index (Phi) is 6.97. The fourth-order valence-corrected chi connectivity index (χ4v) is 4.21. The van der Waals surface area contributed by atoms with Crippen LogP contribution in [-0.4, -0.2) is 28.9 Å². The first-order valence-corrected chi connectivity index (χ1v) is 10.7. The molecular formula is C25H27FN2O4. The molecule has 0 amide bonds. The highest BCUT2D eigenvalue weighted by molar-refractivity contribution is 5.14. The number of halogens is 1. The molecule has 32 heavy (non-hydrogen) atoms. The molecule has 1 saturated carbocycles. The number of H-pyrrole nitrogens is 1. The molecule has 1 N–H and O–H groups in total. The van der Waals surface area contributed by atoms with E-state index in [9.17, 15) is 9.59 Å². The van der Waals surface area contributed by atoms with Gasteiger partial charge in [-0.15, -0.1) is 0 Å². The van der Waals surface area contributed by atoms with Gasteiger partial charge >= 0.3 is 5.69 Å². The molecule has 1 aliphatic rings. The van der Waals surface area contributed by atoms with Gasteiger partial charge in [0.25, 0.3) is 5.56 Å². The average molecular weight is 438 g/mol. The highest BCUT2D eigenvalue weighted by atomic mass is 19.1. The van der Waals surface area contributed by atoms with Crippen LogP contribution >= 0.6 is 0 Å². The first-order valence-electron chi connectivity index (χ1n) is 10.7. The number of nitrogens with one attached hydrogen (secondary N) is 1. The van der Waals surface area contributed by atoms with Gasteiger partial charge in [-0.1, -0.05) is 60.7 Å². The minimum absolute atomic E-state index is 0.225. The zero-order chi connectivity index (χ0) is 22.5. The van der Waals surface area contributed by atoms with Gasteiger partial charge in [0.2, 0.25) is 0 Å². The van der Waals surface area contributed by atoms with Crippen molar-refractivity contribution in [2.45, 2.75) is 32.4 Å². The second-order valence-corrected chi connectivity index (χ2v) is 8.24. The van der Waals surface area contributed by atoms with Crippen molar-refractivity contribution in [3.63, 3.8) is 0 Å². The fraction of sp³-hybridized carbons (Fsp3) is 0.360. The van der Waals surface area contributed by atoms with Gasteiger partial charge in [0, 0.05) is 23.6 Å². The van der Waals surface area contributed by atoms with Crippen molar-refractivity contribution < 1.29 is 13.9 Å². The standard InChI is InChI=1S/C25H27FN2O4/c1-17-12-28(25(30)27-24(17)29)23-21(16-32-14-19-10-6-3-7-11-19)20(22(23)26)15-31-13-18-8-4-2-5-9-18/h2-12,20-23H,13-16H2,1H3,(H,27,29,30). The van der Waals surface area contributed by atoms with Crippen molar-refractivity contribution in [1.82, 2.24) is 9.55 Å². The highest BCUT2D eigenvalue weighted by Crippen LogP contribution is 2.46. The first kappa shape index (κ1) is 22.2. The minimum atomic E-state index is -1.28. The van der Waals surface area contributed by atoms with Crippen LogP contribution < -0.4 is 11.2 Å². The van der Waals surface area contributed by atoms with Crippen molar-refractivity contribution in [3.05, 3.63) is 104 Å². The second-order valence-electron chi connectivity index (χ2n) is 8.24. The van der Waals surface area contributed by atoms with Crippen molar-refractivity contribution >= 4 is 0 Å². The third kappa shape index (κ3) is 4.89. The molecule has 2 aromatic carbocycles. The van der Waals surface area contributed by atoms with Gasteiger partial charge in [0.1, 0.15) is 6.17 Å². The molecule has 6 nitrogen and oxygen atoms in total. The van der Waals surface area contributed by atoms with Crippen LogP contribution in [0.2, 0.25) is 0 Å². The van der Waals surface area contributed by atoms with Crippen LogP contribution in [0.3, 0.4) is 0 Å². The van der Waals surface area contributed by atoms with Crippen LogP contribution in [0, 0.1) is 18.8 Å². The molecule has 0 saturated heterocycles. The van der Waals surface area contributed by atoms with Gasteiger partial charge in [0.15, 0.2) is 0 Å². The lowest BCUT2D eigenvalue weighted by molar-refractivity contribution is -0.116. The molecule has 168 valence electrons. The van der Waals surface area contributed by atoms with E-state index in [2.05, 4.69) is 4.98 Å². The number of hydrogen-bond donors (Lipinski definition) is 1. The maximum Gasteiger partial charge on any atom is 0.328 e. The maximum atomic E-state index is 15.3. The van der Waals surface area contributed by atoms with E-state index in [4.69, 9.17) is 9.47 Å². The number of aryl methyl sites for hydroxylation is 1. The highest BCUT2D eigenvalue weighted by Gasteiger charge is 2.52. The predicted octanol–water partition coefficient (Wildman–Crippen LogP) is 3.40. The molecule has 1 aliphatic carbocycles. The second kappa shape index (κ2) is 10.1. The predicted molar refractivity (Wildman–Crippen MR) is 119 cm³/mol. The third-order valence-electron chi connectivity index (χ3n) is 6.03. The molecule has 4 atom stereocenters. The third-order valence-corrected chi connectivity index (χ3v) is 6.03. The lowest BCUT2D eigenvalue weighted by Gasteiger charge is -2.48. The first-order chi connectivity index (χ1) is 15.5. The van der Waals surface area contributed by atoms with Crippen molar-refractivity contribution in [3.8, 4) is 0 Å². The van der Waals surface area contributed by atoms with E-state index in [0.29, 0.717) is 18.8 Å². The summed E-state index contributed by atoms with van der Waals surface area (Å²) in [6.45, 7) is 2.90. The number of nitrogens with zero attached hydrogens (tertiary/aromatic N) is 1. The molecule has 1 heterocycles. The van der Waals surface area contributed by atoms with E-state index in [-0.39, 0.29) is 19.1 Å². The fourth-order valence-electron chi connectivity index (χ4n) is 4.21. The number of aromatic nitrogens is 2. The van der Waals surface area contributed by atoms with E-state index >= 15 is 4.39 Å². The normalized spacial score (nSPS) is 22.4. The maximum absolute atomic E-state index is 15.3. The summed E-state index contributed by atoms with van der Waals surface area (Å²) in [5, 5.41) is 0. The molecule has 0 aliphatic heterocycles. The molecule has 0 radical (unpaired) electrons. The number of aromatic amines is 1. The summed E-state index contributed by atoms with van der Waals surface area (Å²) >= 11 is 0. The lowest BCUT2D eigenvalue weighted by Crippen LogP contribution is -2.56. The number of benzene rings is 2. The Morgan fingerprint density at radius 3 is 1.97 bits per heavy atom. The van der Waals surface area contributed by atoms with Gasteiger partial charge in [-0.3, -0.25) is 14.3 Å². The molecule has 3 aromatic rings. The zero-order valence-electron chi connectivity index (χ0n) is 17.9. The topological polar surface area (TPSA) is 73.3 Å². The monoisotopic (exact) mass is 438 g/mol. The summed E-state index contributed by atoms with van der Waals surface area (Å²) in [5.74, 6) is -0.661. The summed E-state index contributed by atoms with van der Waals surface area (Å²) in [6, 6.07) is 18.7. The van der Waals surface area contributed by atoms with E-state index in [1.807, 2.05) is 60.7 Å². The Balaban J connectivity index is 1.46. The average Bonchev–Trinajstić information content (AvgIpc) is 2.80. The van der Waals surface area contributed by atoms with Crippen LogP contribution in [0.5, 0.6) is 0 Å². The smallest absolute Gasteiger partial charge is 0.328 e. The lowest BCUT2D eigenvalue weighted by atomic mass is 9.68. The van der Waals surface area contributed by atoms with Gasteiger partial charge in [0.05, 0.1) is 32.5 Å². The molecular weight excluding hydrogens is 411 g/mol. The molecule has 0 spiro atoms. The van der Waals surface area contributed by atoms with Crippen molar-refractivity contribution in [2.24, 2.45) is 11.8 Å². The quantitative estimate of drug-likeness (QED) is 0.556. The molecule has 1 aromatic heterocycles. The molecule has 4 unspecified atom stereocenters. The van der Waals surface area contributed by atoms with E-state index in [1.54, 1.807) is 6.92 Å². The summed E-state index contributed by atoms with van der Waals surface area (Å²) in [4.78, 5) is 26.4. The van der Waals surface area contributed by atoms with Crippen LogP contribution in [0.15, 0.2) is 76.4 Å². The summed E-state index contributed by atoms with van der Waals surface area (Å²) in [6.07, 6.45) is 0.156. The van der Waals surface area contributed by atoms with Crippen LogP contribution in [0.25, 0.3) is 0 Å². The van der Waals surface area contributed by atoms with Crippen molar-refractivity contribution in [2.75, 3.05) is 13.2 Å². The Morgan fingerprint density at radius 2 is 1.41 bits per heavy atom. The Labute approximate surface area is 185 Å². The molecule has 0 bridgehead atoms. The number of ether oxygens (including phenoxy) is 2. The molecule has 7 heteroatoms. The van der Waals surface area contributed by atoms with E-state index in [1.165, 1.54) is 10.8 Å². The minimum Gasteiger partial charge on any atom is -0.376 e. The Morgan fingerprint density at radius 1 is 0.875 bits per heavy atom. The summed E-state index contributed by atoms with van der Waals surface area (Å²) in [7, 11) is 0. The van der Waals surface area contributed by atoms with Crippen LogP contribution in [0.4, 0.5) is 4.39 Å². The zero-order valence-corrected chi connectivity index (χ0v) is 17.9.